The Morgan fingerprint density at radius 2 is 1.06 bits per heavy atom. The third-order valence-corrected chi connectivity index (χ3v) is 7.30. The fourth-order valence-electron chi connectivity index (χ4n) is 5.43. The maximum absolute atomic E-state index is 2.45. The molecule has 1 aliphatic rings. The molecule has 0 atom stereocenters. The van der Waals surface area contributed by atoms with E-state index < -0.39 is 0 Å². The van der Waals surface area contributed by atoms with Gasteiger partial charge in [-0.05, 0) is 85.3 Å². The summed E-state index contributed by atoms with van der Waals surface area (Å²) in [6.07, 6.45) is 2.21. The van der Waals surface area contributed by atoms with Gasteiger partial charge in [-0.1, -0.05) is 79.6 Å². The second-order valence-corrected chi connectivity index (χ2v) is 9.07. The van der Waals surface area contributed by atoms with Crippen molar-refractivity contribution >= 4 is 17.1 Å². The molecule has 4 aromatic rings. The van der Waals surface area contributed by atoms with Gasteiger partial charge >= 0.3 is 0 Å². The van der Waals surface area contributed by atoms with E-state index in [-0.39, 0.29) is 5.41 Å². The number of aryl methyl sites for hydroxylation is 2. The lowest BCUT2D eigenvalue weighted by atomic mass is 9.74. The molecule has 1 heteroatoms. The van der Waals surface area contributed by atoms with Gasteiger partial charge in [-0.3, -0.25) is 0 Å². The average Bonchev–Trinajstić information content (AvgIpc) is 3.11. The second-order valence-electron chi connectivity index (χ2n) is 9.07. The zero-order chi connectivity index (χ0) is 22.3. The number of fused-ring (bicyclic) bond motifs is 3. The summed E-state index contributed by atoms with van der Waals surface area (Å²) in [6.45, 7) is 8.95. The summed E-state index contributed by atoms with van der Waals surface area (Å²) < 4.78 is 0. The van der Waals surface area contributed by atoms with Crippen LogP contribution in [0.3, 0.4) is 0 Å². The summed E-state index contributed by atoms with van der Waals surface area (Å²) >= 11 is 0. The van der Waals surface area contributed by atoms with E-state index in [1.807, 2.05) is 0 Å². The Kier molecular flexibility index (Phi) is 5.13. The maximum Gasteiger partial charge on any atom is 0.0465 e. The van der Waals surface area contributed by atoms with Gasteiger partial charge in [-0.2, -0.15) is 0 Å². The van der Waals surface area contributed by atoms with Crippen LogP contribution in [0.2, 0.25) is 0 Å². The van der Waals surface area contributed by atoms with Crippen LogP contribution < -0.4 is 4.90 Å². The van der Waals surface area contributed by atoms with Crippen LogP contribution in [0.25, 0.3) is 11.1 Å². The Bertz CT molecular complexity index is 1200. The first-order chi connectivity index (χ1) is 15.6. The lowest BCUT2D eigenvalue weighted by Crippen LogP contribution is -2.23. The minimum atomic E-state index is 0.0775. The maximum atomic E-state index is 2.45. The molecule has 1 aliphatic carbocycles. The molecule has 4 aromatic carbocycles. The number of nitrogens with zero attached hydrogens (tertiary/aromatic N) is 1. The van der Waals surface area contributed by atoms with Gasteiger partial charge in [0.25, 0.3) is 0 Å². The smallest absolute Gasteiger partial charge is 0.0465 e. The highest BCUT2D eigenvalue weighted by Crippen LogP contribution is 2.54. The molecule has 0 spiro atoms. The van der Waals surface area contributed by atoms with Gasteiger partial charge in [0.15, 0.2) is 0 Å². The zero-order valence-electron chi connectivity index (χ0n) is 19.5. The molecule has 0 radical (unpaired) electrons. The van der Waals surface area contributed by atoms with Gasteiger partial charge in [-0.15, -0.1) is 0 Å². The molecule has 0 saturated carbocycles. The molecule has 0 amide bonds. The molecule has 5 rings (SSSR count). The minimum absolute atomic E-state index is 0.0775. The first kappa shape index (κ1) is 20.6. The fourth-order valence-corrected chi connectivity index (χ4v) is 5.43. The van der Waals surface area contributed by atoms with Crippen LogP contribution in [0.4, 0.5) is 17.1 Å². The number of hydrogen-bond donors (Lipinski definition) is 0. The molecule has 0 fully saturated rings. The van der Waals surface area contributed by atoms with Crippen LogP contribution >= 0.6 is 0 Å². The van der Waals surface area contributed by atoms with Gasteiger partial charge in [0.2, 0.25) is 0 Å². The molecule has 0 heterocycles. The third kappa shape index (κ3) is 3.15. The van der Waals surface area contributed by atoms with Crippen LogP contribution in [-0.4, -0.2) is 0 Å². The van der Waals surface area contributed by atoms with Crippen molar-refractivity contribution in [1.82, 2.24) is 0 Å². The molecule has 0 saturated heterocycles. The van der Waals surface area contributed by atoms with Crippen LogP contribution in [-0.2, 0) is 5.41 Å². The van der Waals surface area contributed by atoms with E-state index in [1.54, 1.807) is 0 Å². The van der Waals surface area contributed by atoms with Gasteiger partial charge < -0.3 is 4.90 Å². The standard InChI is InChI=1S/C31H31N/c1-5-31(6-2)29-10-8-7-9-27(29)28-20-19-26(21-30(28)31)32(24-15-11-22(3)12-16-24)25-17-13-23(4)14-18-25/h7-21H,5-6H2,1-4H3. The van der Waals surface area contributed by atoms with Crippen LogP contribution in [0, 0.1) is 13.8 Å². The number of benzene rings is 4. The lowest BCUT2D eigenvalue weighted by Gasteiger charge is -2.31. The topological polar surface area (TPSA) is 3.24 Å². The van der Waals surface area contributed by atoms with Gasteiger partial charge in [0.05, 0.1) is 0 Å². The van der Waals surface area contributed by atoms with Crippen molar-refractivity contribution in [2.24, 2.45) is 0 Å². The fraction of sp³-hybridized carbons (Fsp3) is 0.226. The second kappa shape index (κ2) is 7.98. The normalized spacial score (nSPS) is 13.5. The summed E-state index contributed by atoms with van der Waals surface area (Å²) in [6, 6.07) is 33.7. The van der Waals surface area contributed by atoms with Crippen molar-refractivity contribution < 1.29 is 0 Å². The highest BCUT2D eigenvalue weighted by molar-refractivity contribution is 5.85. The molecule has 1 nitrogen and oxygen atoms in total. The summed E-state index contributed by atoms with van der Waals surface area (Å²) in [4.78, 5) is 2.39. The summed E-state index contributed by atoms with van der Waals surface area (Å²) in [5, 5.41) is 0. The Morgan fingerprint density at radius 3 is 1.62 bits per heavy atom. The number of anilines is 3. The van der Waals surface area contributed by atoms with Crippen molar-refractivity contribution in [1.29, 1.82) is 0 Å². The van der Waals surface area contributed by atoms with E-state index >= 15 is 0 Å². The summed E-state index contributed by atoms with van der Waals surface area (Å²) in [5.41, 5.74) is 12.0. The molecule has 160 valence electrons. The molecule has 0 aliphatic heterocycles. The molecule has 0 N–H and O–H groups in total. The molecule has 0 bridgehead atoms. The van der Waals surface area contributed by atoms with E-state index in [1.165, 1.54) is 50.4 Å². The molecule has 0 aromatic heterocycles. The van der Waals surface area contributed by atoms with Crippen LogP contribution in [0.1, 0.15) is 48.9 Å². The highest BCUT2D eigenvalue weighted by atomic mass is 15.1. The summed E-state index contributed by atoms with van der Waals surface area (Å²) in [7, 11) is 0. The SMILES string of the molecule is CCC1(CC)c2ccccc2-c2ccc(N(c3ccc(C)cc3)c3ccc(C)cc3)cc21. The Hall–Kier alpha value is -3.32. The van der Waals surface area contributed by atoms with E-state index in [9.17, 15) is 0 Å². The number of rotatable bonds is 5. The van der Waals surface area contributed by atoms with Crippen LogP contribution in [0.15, 0.2) is 91.0 Å². The van der Waals surface area contributed by atoms with Crippen molar-refractivity contribution in [3.8, 4) is 11.1 Å². The molecular weight excluding hydrogens is 386 g/mol. The largest absolute Gasteiger partial charge is 0.310 e. The predicted octanol–water partition coefficient (Wildman–Crippen LogP) is 8.86. The van der Waals surface area contributed by atoms with E-state index in [4.69, 9.17) is 0 Å². The zero-order valence-corrected chi connectivity index (χ0v) is 19.5. The van der Waals surface area contributed by atoms with Gasteiger partial charge in [-0.25, -0.2) is 0 Å². The van der Waals surface area contributed by atoms with Crippen molar-refractivity contribution in [2.75, 3.05) is 4.90 Å². The monoisotopic (exact) mass is 417 g/mol. The quantitative estimate of drug-likeness (QED) is 0.313. The first-order valence-corrected chi connectivity index (χ1v) is 11.8. The lowest BCUT2D eigenvalue weighted by molar-refractivity contribution is 0.490. The van der Waals surface area contributed by atoms with E-state index in [0.717, 1.165) is 12.8 Å². The predicted molar refractivity (Wildman–Crippen MR) is 137 cm³/mol. The third-order valence-electron chi connectivity index (χ3n) is 7.30. The minimum Gasteiger partial charge on any atom is -0.310 e. The molecule has 32 heavy (non-hydrogen) atoms. The first-order valence-electron chi connectivity index (χ1n) is 11.8. The van der Waals surface area contributed by atoms with Gasteiger partial charge in [0, 0.05) is 22.5 Å². The highest BCUT2D eigenvalue weighted by Gasteiger charge is 2.40. The Balaban J connectivity index is 1.72. The van der Waals surface area contributed by atoms with Crippen molar-refractivity contribution in [2.45, 2.75) is 46.0 Å². The van der Waals surface area contributed by atoms with E-state index in [2.05, 4.69) is 124 Å². The Labute approximate surface area is 192 Å². The van der Waals surface area contributed by atoms with Crippen molar-refractivity contribution in [3.63, 3.8) is 0 Å². The van der Waals surface area contributed by atoms with Crippen LogP contribution in [0.5, 0.6) is 0 Å². The Morgan fingerprint density at radius 1 is 0.562 bits per heavy atom. The summed E-state index contributed by atoms with van der Waals surface area (Å²) in [5.74, 6) is 0. The molecule has 0 unspecified atom stereocenters. The van der Waals surface area contributed by atoms with Gasteiger partial charge in [0.1, 0.15) is 0 Å². The molecular formula is C31H31N. The van der Waals surface area contributed by atoms with Crippen molar-refractivity contribution in [3.05, 3.63) is 113 Å². The number of hydrogen-bond acceptors (Lipinski definition) is 1. The average molecular weight is 418 g/mol. The van der Waals surface area contributed by atoms with E-state index in [0.29, 0.717) is 0 Å².